The molecule has 0 spiro atoms. The minimum atomic E-state index is -1.07. The van der Waals surface area contributed by atoms with Crippen LogP contribution in [-0.4, -0.2) is 40.0 Å². The minimum Gasteiger partial charge on any atom is -0.480 e. The first-order valence-corrected chi connectivity index (χ1v) is 4.93. The van der Waals surface area contributed by atoms with Crippen molar-refractivity contribution in [3.63, 3.8) is 0 Å². The van der Waals surface area contributed by atoms with Gasteiger partial charge in [-0.2, -0.15) is 0 Å². The van der Waals surface area contributed by atoms with Crippen molar-refractivity contribution in [1.29, 1.82) is 0 Å². The number of aromatic nitrogens is 1. The van der Waals surface area contributed by atoms with Crippen molar-refractivity contribution in [3.8, 4) is 0 Å². The molecule has 0 aromatic carbocycles. The summed E-state index contributed by atoms with van der Waals surface area (Å²) >= 11 is 5.74. The van der Waals surface area contributed by atoms with Crippen LogP contribution in [0.15, 0.2) is 18.3 Å². The number of aliphatic carboxylic acids is 1. The normalized spacial score (nSPS) is 11.9. The van der Waals surface area contributed by atoms with Crippen molar-refractivity contribution in [2.75, 3.05) is 7.05 Å². The third kappa shape index (κ3) is 2.49. The number of carbonyl (C=O) groups is 2. The highest BCUT2D eigenvalue weighted by Crippen LogP contribution is 2.14. The highest BCUT2D eigenvalue weighted by molar-refractivity contribution is 6.32. The number of carbonyl (C=O) groups excluding carboxylic acids is 1. The molecule has 1 unspecified atom stereocenters. The summed E-state index contributed by atoms with van der Waals surface area (Å²) in [5.41, 5.74) is 0.194. The van der Waals surface area contributed by atoms with Crippen molar-refractivity contribution in [2.45, 2.75) is 13.0 Å². The van der Waals surface area contributed by atoms with Gasteiger partial charge in [-0.3, -0.25) is 4.79 Å². The highest BCUT2D eigenvalue weighted by Gasteiger charge is 2.24. The molecule has 0 aliphatic carbocycles. The molecule has 1 heterocycles. The van der Waals surface area contributed by atoms with Gasteiger partial charge in [0.1, 0.15) is 11.2 Å². The van der Waals surface area contributed by atoms with E-state index >= 15 is 0 Å². The molecule has 0 saturated carbocycles. The van der Waals surface area contributed by atoms with Crippen molar-refractivity contribution in [1.82, 2.24) is 9.88 Å². The van der Waals surface area contributed by atoms with Gasteiger partial charge in [0.2, 0.25) is 0 Å². The summed E-state index contributed by atoms with van der Waals surface area (Å²) in [4.78, 5) is 27.4. The number of carboxylic acids is 1. The molecule has 0 aliphatic heterocycles. The van der Waals surface area contributed by atoms with E-state index in [-0.39, 0.29) is 10.7 Å². The zero-order valence-corrected chi connectivity index (χ0v) is 9.60. The Balaban J connectivity index is 2.95. The summed E-state index contributed by atoms with van der Waals surface area (Å²) in [7, 11) is 1.41. The van der Waals surface area contributed by atoms with Crippen LogP contribution in [0.5, 0.6) is 0 Å². The van der Waals surface area contributed by atoms with Crippen LogP contribution < -0.4 is 0 Å². The second-order valence-electron chi connectivity index (χ2n) is 3.27. The number of pyridine rings is 1. The second-order valence-corrected chi connectivity index (χ2v) is 3.63. The Hall–Kier alpha value is -1.62. The van der Waals surface area contributed by atoms with Crippen LogP contribution in [0.1, 0.15) is 17.3 Å². The van der Waals surface area contributed by atoms with Gasteiger partial charge in [-0.15, -0.1) is 0 Å². The number of halogens is 1. The number of nitrogens with zero attached hydrogens (tertiary/aromatic N) is 2. The lowest BCUT2D eigenvalue weighted by atomic mass is 10.2. The van der Waals surface area contributed by atoms with Crippen LogP contribution in [0, 0.1) is 0 Å². The molecule has 1 aromatic heterocycles. The summed E-state index contributed by atoms with van der Waals surface area (Å²) in [5, 5.41) is 8.84. The average molecular weight is 243 g/mol. The number of hydrogen-bond donors (Lipinski definition) is 1. The van der Waals surface area contributed by atoms with E-state index in [4.69, 9.17) is 16.7 Å². The van der Waals surface area contributed by atoms with E-state index in [2.05, 4.69) is 4.98 Å². The number of rotatable bonds is 3. The molecule has 1 atom stereocenters. The first-order valence-electron chi connectivity index (χ1n) is 4.55. The molecule has 5 nitrogen and oxygen atoms in total. The lowest BCUT2D eigenvalue weighted by Gasteiger charge is -2.21. The molecule has 86 valence electrons. The predicted molar refractivity (Wildman–Crippen MR) is 58.4 cm³/mol. The van der Waals surface area contributed by atoms with Gasteiger partial charge in [-0.25, -0.2) is 9.78 Å². The SMILES string of the molecule is CC(C(=O)O)N(C)C(=O)c1cccnc1Cl. The van der Waals surface area contributed by atoms with Gasteiger partial charge >= 0.3 is 5.97 Å². The molecular formula is C10H11ClN2O3. The molecule has 0 bridgehead atoms. The van der Waals surface area contributed by atoms with Gasteiger partial charge in [0.25, 0.3) is 5.91 Å². The van der Waals surface area contributed by atoms with Crippen LogP contribution >= 0.6 is 11.6 Å². The lowest BCUT2D eigenvalue weighted by Crippen LogP contribution is -2.40. The van der Waals surface area contributed by atoms with Crippen LogP contribution in [0.3, 0.4) is 0 Å². The van der Waals surface area contributed by atoms with Crippen molar-refractivity contribution < 1.29 is 14.7 Å². The zero-order chi connectivity index (χ0) is 12.3. The molecule has 1 N–H and O–H groups in total. The van der Waals surface area contributed by atoms with E-state index < -0.39 is 17.9 Å². The fourth-order valence-electron chi connectivity index (χ4n) is 1.08. The maximum Gasteiger partial charge on any atom is 0.326 e. The molecule has 0 fully saturated rings. The smallest absolute Gasteiger partial charge is 0.326 e. The summed E-state index contributed by atoms with van der Waals surface area (Å²) < 4.78 is 0. The molecule has 0 saturated heterocycles. The molecule has 1 aromatic rings. The standard InChI is InChI=1S/C10H11ClN2O3/c1-6(10(15)16)13(2)9(14)7-4-3-5-12-8(7)11/h3-6H,1-2H3,(H,15,16). The van der Waals surface area contributed by atoms with Gasteiger partial charge < -0.3 is 10.0 Å². The fourth-order valence-corrected chi connectivity index (χ4v) is 1.28. The first-order chi connectivity index (χ1) is 7.45. The second kappa shape index (κ2) is 4.94. The zero-order valence-electron chi connectivity index (χ0n) is 8.85. The summed E-state index contributed by atoms with van der Waals surface area (Å²) in [5.74, 6) is -1.54. The van der Waals surface area contributed by atoms with E-state index in [9.17, 15) is 9.59 Å². The number of carboxylic acid groups (broad SMARTS) is 1. The summed E-state index contributed by atoms with van der Waals surface area (Å²) in [6, 6.07) is 2.16. The van der Waals surface area contributed by atoms with E-state index in [1.165, 1.54) is 26.2 Å². The third-order valence-corrected chi connectivity index (χ3v) is 2.55. The van der Waals surface area contributed by atoms with E-state index in [0.29, 0.717) is 0 Å². The Kier molecular flexibility index (Phi) is 3.84. The minimum absolute atomic E-state index is 0.0666. The van der Waals surface area contributed by atoms with Crippen LogP contribution in [0.2, 0.25) is 5.15 Å². The topological polar surface area (TPSA) is 70.5 Å². The summed E-state index contributed by atoms with van der Waals surface area (Å²) in [6.07, 6.45) is 1.46. The number of hydrogen-bond acceptors (Lipinski definition) is 3. The van der Waals surface area contributed by atoms with Gasteiger partial charge in [-0.05, 0) is 19.1 Å². The van der Waals surface area contributed by atoms with E-state index in [1.807, 2.05) is 0 Å². The maximum atomic E-state index is 11.8. The Bertz CT molecular complexity index is 422. The largest absolute Gasteiger partial charge is 0.480 e. The molecule has 0 aliphatic rings. The fraction of sp³-hybridized carbons (Fsp3) is 0.300. The quantitative estimate of drug-likeness (QED) is 0.811. The van der Waals surface area contributed by atoms with Gasteiger partial charge in [0, 0.05) is 13.2 Å². The molecular weight excluding hydrogens is 232 g/mol. The third-order valence-electron chi connectivity index (χ3n) is 2.25. The van der Waals surface area contributed by atoms with Gasteiger partial charge in [0.05, 0.1) is 5.56 Å². The Morgan fingerprint density at radius 2 is 2.19 bits per heavy atom. The Morgan fingerprint density at radius 1 is 1.56 bits per heavy atom. The lowest BCUT2D eigenvalue weighted by molar-refractivity contribution is -0.141. The van der Waals surface area contributed by atoms with Crippen LogP contribution in [-0.2, 0) is 4.79 Å². The predicted octanol–water partition coefficient (Wildman–Crippen LogP) is 1.28. The van der Waals surface area contributed by atoms with E-state index in [0.717, 1.165) is 4.90 Å². The Morgan fingerprint density at radius 3 is 2.69 bits per heavy atom. The Labute approximate surface area is 97.7 Å². The molecule has 6 heteroatoms. The van der Waals surface area contributed by atoms with Crippen LogP contribution in [0.4, 0.5) is 0 Å². The molecule has 1 rings (SSSR count). The maximum absolute atomic E-state index is 11.8. The summed E-state index contributed by atoms with van der Waals surface area (Å²) in [6.45, 7) is 1.42. The molecule has 16 heavy (non-hydrogen) atoms. The first kappa shape index (κ1) is 12.4. The highest BCUT2D eigenvalue weighted by atomic mass is 35.5. The molecule has 1 amide bonds. The van der Waals surface area contributed by atoms with Gasteiger partial charge in [0.15, 0.2) is 0 Å². The monoisotopic (exact) mass is 242 g/mol. The van der Waals surface area contributed by atoms with Crippen LogP contribution in [0.25, 0.3) is 0 Å². The average Bonchev–Trinajstić information content (AvgIpc) is 2.26. The van der Waals surface area contributed by atoms with Gasteiger partial charge in [-0.1, -0.05) is 11.6 Å². The molecule has 0 radical (unpaired) electrons. The van der Waals surface area contributed by atoms with Crippen molar-refractivity contribution >= 4 is 23.5 Å². The van der Waals surface area contributed by atoms with E-state index in [1.54, 1.807) is 6.07 Å². The van der Waals surface area contributed by atoms with Crippen molar-refractivity contribution in [3.05, 3.63) is 29.0 Å². The van der Waals surface area contributed by atoms with Crippen molar-refractivity contribution in [2.24, 2.45) is 0 Å². The number of likely N-dealkylation sites (N-methyl/N-ethyl adjacent to an activating group) is 1. The number of amides is 1.